The van der Waals surface area contributed by atoms with Crippen molar-refractivity contribution in [3.05, 3.63) is 83.6 Å². The molecule has 0 saturated carbocycles. The molecule has 0 atom stereocenters. The normalized spacial score (nSPS) is 11.1. The summed E-state index contributed by atoms with van der Waals surface area (Å²) in [6.07, 6.45) is -2.30. The highest BCUT2D eigenvalue weighted by molar-refractivity contribution is 6.02. The highest BCUT2D eigenvalue weighted by Gasteiger charge is 2.32. The summed E-state index contributed by atoms with van der Waals surface area (Å²) in [5.41, 5.74) is 0.133. The Bertz CT molecular complexity index is 968. The lowest BCUT2D eigenvalue weighted by molar-refractivity contribution is -0.141. The van der Waals surface area contributed by atoms with Crippen LogP contribution in [0.5, 0.6) is 0 Å². The summed E-state index contributed by atoms with van der Waals surface area (Å²) < 4.78 is 42.5. The molecule has 3 aromatic rings. The third-order valence-electron chi connectivity index (χ3n) is 3.70. The third-order valence-corrected chi connectivity index (χ3v) is 3.70. The number of amides is 2. The van der Waals surface area contributed by atoms with Gasteiger partial charge in [-0.1, -0.05) is 12.1 Å². The number of carbonyl (C=O) groups excluding carboxylic acids is 2. The van der Waals surface area contributed by atoms with Gasteiger partial charge in [0.2, 0.25) is 0 Å². The molecule has 0 bridgehead atoms. The molecule has 1 aromatic carbocycles. The van der Waals surface area contributed by atoms with Gasteiger partial charge in [-0.25, -0.2) is 0 Å². The molecule has 28 heavy (non-hydrogen) atoms. The number of carbonyl (C=O) groups is 2. The maximum absolute atomic E-state index is 12.5. The van der Waals surface area contributed by atoms with Crippen molar-refractivity contribution in [2.24, 2.45) is 0 Å². The zero-order chi connectivity index (χ0) is 20.1. The first kappa shape index (κ1) is 19.2. The molecule has 2 aromatic heterocycles. The molecule has 3 rings (SSSR count). The number of aromatic nitrogens is 1. The van der Waals surface area contributed by atoms with Crippen molar-refractivity contribution in [2.45, 2.75) is 12.7 Å². The molecular formula is C19H14F3N3O3. The Hall–Kier alpha value is -3.62. The van der Waals surface area contributed by atoms with Crippen molar-refractivity contribution in [3.63, 3.8) is 0 Å². The van der Waals surface area contributed by atoms with Crippen molar-refractivity contribution < 1.29 is 27.2 Å². The van der Waals surface area contributed by atoms with Crippen LogP contribution in [0.2, 0.25) is 0 Å². The minimum absolute atomic E-state index is 0.00952. The number of alkyl halides is 3. The number of benzene rings is 1. The second-order valence-corrected chi connectivity index (χ2v) is 5.74. The zero-order valence-electron chi connectivity index (χ0n) is 14.3. The lowest BCUT2D eigenvalue weighted by Crippen LogP contribution is -2.23. The number of hydrogen-bond acceptors (Lipinski definition) is 4. The molecule has 2 N–H and O–H groups in total. The van der Waals surface area contributed by atoms with Crippen LogP contribution in [0.1, 0.15) is 32.2 Å². The van der Waals surface area contributed by atoms with Crippen LogP contribution in [0, 0.1) is 0 Å². The van der Waals surface area contributed by atoms with Crippen LogP contribution in [0.3, 0.4) is 0 Å². The van der Waals surface area contributed by atoms with Crippen LogP contribution in [-0.2, 0) is 12.7 Å². The Morgan fingerprint density at radius 2 is 1.86 bits per heavy atom. The molecule has 2 amide bonds. The summed E-state index contributed by atoms with van der Waals surface area (Å²) >= 11 is 0. The fourth-order valence-corrected chi connectivity index (χ4v) is 2.34. The first-order valence-corrected chi connectivity index (χ1v) is 8.08. The molecule has 0 unspecified atom stereocenters. The summed E-state index contributed by atoms with van der Waals surface area (Å²) in [7, 11) is 0. The van der Waals surface area contributed by atoms with Gasteiger partial charge in [0.15, 0.2) is 5.76 Å². The van der Waals surface area contributed by atoms with Crippen molar-refractivity contribution in [1.82, 2.24) is 10.3 Å². The predicted octanol–water partition coefficient (Wildman–Crippen LogP) is 3.88. The van der Waals surface area contributed by atoms with Gasteiger partial charge in [0, 0.05) is 18.4 Å². The van der Waals surface area contributed by atoms with E-state index in [1.54, 1.807) is 30.3 Å². The molecule has 9 heteroatoms. The summed E-state index contributed by atoms with van der Waals surface area (Å²) in [6, 6.07) is 11.7. The SMILES string of the molecule is O=C(NCc1cccc(NC(=O)c2ccco2)c1)c1ccc(C(F)(F)F)nc1. The molecule has 0 radical (unpaired) electrons. The van der Waals surface area contributed by atoms with Gasteiger partial charge in [-0.3, -0.25) is 14.6 Å². The van der Waals surface area contributed by atoms with Gasteiger partial charge >= 0.3 is 6.18 Å². The second-order valence-electron chi connectivity index (χ2n) is 5.74. The van der Waals surface area contributed by atoms with Gasteiger partial charge < -0.3 is 15.1 Å². The molecule has 144 valence electrons. The first-order valence-electron chi connectivity index (χ1n) is 8.08. The van der Waals surface area contributed by atoms with E-state index in [0.29, 0.717) is 11.3 Å². The number of nitrogens with zero attached hydrogens (tertiary/aromatic N) is 1. The molecule has 2 heterocycles. The van der Waals surface area contributed by atoms with E-state index in [4.69, 9.17) is 4.42 Å². The van der Waals surface area contributed by atoms with Crippen LogP contribution in [0.4, 0.5) is 18.9 Å². The molecule has 0 aliphatic heterocycles. The van der Waals surface area contributed by atoms with E-state index in [1.807, 2.05) is 0 Å². The van der Waals surface area contributed by atoms with Crippen molar-refractivity contribution in [3.8, 4) is 0 Å². The highest BCUT2D eigenvalue weighted by Crippen LogP contribution is 2.27. The lowest BCUT2D eigenvalue weighted by Gasteiger charge is -2.09. The number of hydrogen-bond donors (Lipinski definition) is 2. The lowest BCUT2D eigenvalue weighted by atomic mass is 10.2. The van der Waals surface area contributed by atoms with Crippen LogP contribution < -0.4 is 10.6 Å². The van der Waals surface area contributed by atoms with E-state index in [1.165, 1.54) is 12.3 Å². The maximum Gasteiger partial charge on any atom is 0.433 e. The Kier molecular flexibility index (Phi) is 5.44. The minimum atomic E-state index is -4.56. The van der Waals surface area contributed by atoms with Crippen molar-refractivity contribution in [1.29, 1.82) is 0 Å². The second kappa shape index (κ2) is 7.95. The van der Waals surface area contributed by atoms with Crippen molar-refractivity contribution >= 4 is 17.5 Å². The van der Waals surface area contributed by atoms with Gasteiger partial charge in [0.25, 0.3) is 11.8 Å². The fourth-order valence-electron chi connectivity index (χ4n) is 2.34. The molecule has 0 aliphatic rings. The quantitative estimate of drug-likeness (QED) is 0.694. The monoisotopic (exact) mass is 389 g/mol. The van der Waals surface area contributed by atoms with Crippen LogP contribution in [-0.4, -0.2) is 16.8 Å². The third kappa shape index (κ3) is 4.76. The summed E-state index contributed by atoms with van der Waals surface area (Å²) in [4.78, 5) is 27.3. The Balaban J connectivity index is 1.60. The van der Waals surface area contributed by atoms with E-state index in [0.717, 1.165) is 18.3 Å². The van der Waals surface area contributed by atoms with E-state index in [2.05, 4.69) is 15.6 Å². The average Bonchev–Trinajstić information content (AvgIpc) is 3.21. The van der Waals surface area contributed by atoms with Gasteiger partial charge in [-0.05, 0) is 42.0 Å². The number of pyridine rings is 1. The van der Waals surface area contributed by atoms with Gasteiger partial charge in [0.05, 0.1) is 11.8 Å². The largest absolute Gasteiger partial charge is 0.459 e. The fraction of sp³-hybridized carbons (Fsp3) is 0.105. The maximum atomic E-state index is 12.5. The molecule has 0 spiro atoms. The molecule has 0 saturated heterocycles. The minimum Gasteiger partial charge on any atom is -0.459 e. The molecule has 0 fully saturated rings. The van der Waals surface area contributed by atoms with Crippen LogP contribution >= 0.6 is 0 Å². The van der Waals surface area contributed by atoms with Gasteiger partial charge in [-0.2, -0.15) is 13.2 Å². The Labute approximate surface area is 157 Å². The smallest absolute Gasteiger partial charge is 0.433 e. The van der Waals surface area contributed by atoms with Gasteiger partial charge in [0.1, 0.15) is 5.69 Å². The number of anilines is 1. The van der Waals surface area contributed by atoms with Crippen LogP contribution in [0.15, 0.2) is 65.4 Å². The Morgan fingerprint density at radius 1 is 1.04 bits per heavy atom. The number of rotatable bonds is 5. The van der Waals surface area contributed by atoms with E-state index in [9.17, 15) is 22.8 Å². The molecule has 6 nitrogen and oxygen atoms in total. The number of furan rings is 1. The summed E-state index contributed by atoms with van der Waals surface area (Å²) in [5, 5.41) is 5.25. The zero-order valence-corrected chi connectivity index (χ0v) is 14.3. The molecular weight excluding hydrogens is 375 g/mol. The van der Waals surface area contributed by atoms with Crippen molar-refractivity contribution in [2.75, 3.05) is 5.32 Å². The Morgan fingerprint density at radius 3 is 2.50 bits per heavy atom. The molecule has 0 aliphatic carbocycles. The first-order chi connectivity index (χ1) is 13.3. The highest BCUT2D eigenvalue weighted by atomic mass is 19.4. The standard InChI is InChI=1S/C19H14F3N3O3/c20-19(21,22)16-7-6-13(11-23-16)17(26)24-10-12-3-1-4-14(9-12)25-18(27)15-5-2-8-28-15/h1-9,11H,10H2,(H,24,26)(H,25,27). The van der Waals surface area contributed by atoms with Crippen LogP contribution in [0.25, 0.3) is 0 Å². The topological polar surface area (TPSA) is 84.2 Å². The van der Waals surface area contributed by atoms with Gasteiger partial charge in [-0.15, -0.1) is 0 Å². The van der Waals surface area contributed by atoms with E-state index < -0.39 is 23.7 Å². The number of halogens is 3. The van der Waals surface area contributed by atoms with E-state index >= 15 is 0 Å². The van der Waals surface area contributed by atoms with E-state index in [-0.39, 0.29) is 17.9 Å². The average molecular weight is 389 g/mol. The predicted molar refractivity (Wildman–Crippen MR) is 93.5 cm³/mol. The summed E-state index contributed by atoms with van der Waals surface area (Å²) in [6.45, 7) is 0.115. The summed E-state index contributed by atoms with van der Waals surface area (Å²) in [5.74, 6) is -0.818. The number of nitrogens with one attached hydrogen (secondary N) is 2.